The standard InChI is InChI=1S/C63H37N/c1-2-13-42-34-44(31-30-38(42)12-1)64(45-32-33-50-49-19-5-8-25-57(49)63(58(50)37-45)55-23-6-3-17-47(55)48-18-4-7-24-56(48)63)46-35-43-29-28-41-15-10-21-52-51-20-9-14-39-26-27-40-16-11-22-53(61(40)59(39)51)54(36-46)62(43)60(41)52/h1-37H. The highest BCUT2D eigenvalue weighted by Crippen LogP contribution is 2.63. The minimum absolute atomic E-state index is 0.452. The molecule has 0 aromatic heterocycles. The maximum Gasteiger partial charge on any atom is 0.0726 e. The fourth-order valence-electron chi connectivity index (χ4n) is 12.4. The topological polar surface area (TPSA) is 3.24 Å². The summed E-state index contributed by atoms with van der Waals surface area (Å²) in [5.74, 6) is 0. The van der Waals surface area contributed by atoms with Crippen LogP contribution in [0.4, 0.5) is 17.1 Å². The molecule has 0 unspecified atom stereocenters. The second-order valence-electron chi connectivity index (χ2n) is 17.9. The van der Waals surface area contributed by atoms with Crippen molar-refractivity contribution in [3.8, 4) is 22.3 Å². The number of hydrogen-bond donors (Lipinski definition) is 0. The molecule has 0 saturated carbocycles. The molecule has 0 bridgehead atoms. The van der Waals surface area contributed by atoms with Gasteiger partial charge in [0.1, 0.15) is 0 Å². The number of nitrogens with zero attached hydrogens (tertiary/aromatic N) is 1. The Morgan fingerprint density at radius 1 is 0.234 bits per heavy atom. The second-order valence-corrected chi connectivity index (χ2v) is 17.9. The van der Waals surface area contributed by atoms with Crippen molar-refractivity contribution in [3.05, 3.63) is 247 Å². The van der Waals surface area contributed by atoms with Crippen molar-refractivity contribution in [2.75, 3.05) is 4.90 Å². The predicted molar refractivity (Wildman–Crippen MR) is 271 cm³/mol. The van der Waals surface area contributed by atoms with Crippen molar-refractivity contribution in [2.24, 2.45) is 0 Å². The van der Waals surface area contributed by atoms with E-state index in [1.165, 1.54) is 120 Å². The van der Waals surface area contributed by atoms with Crippen LogP contribution in [0.25, 0.3) is 97.7 Å². The third-order valence-corrected chi connectivity index (χ3v) is 14.9. The monoisotopic (exact) mass is 807 g/mol. The Bertz CT molecular complexity index is 4090. The first-order valence-electron chi connectivity index (χ1n) is 22.4. The van der Waals surface area contributed by atoms with Crippen LogP contribution >= 0.6 is 0 Å². The molecule has 0 aliphatic heterocycles. The summed E-state index contributed by atoms with van der Waals surface area (Å²) in [6, 6.07) is 85.0. The van der Waals surface area contributed by atoms with Crippen LogP contribution in [-0.2, 0) is 5.41 Å². The van der Waals surface area contributed by atoms with E-state index in [4.69, 9.17) is 0 Å². The van der Waals surface area contributed by atoms with E-state index in [9.17, 15) is 0 Å². The van der Waals surface area contributed by atoms with E-state index in [1.807, 2.05) is 0 Å². The summed E-state index contributed by atoms with van der Waals surface area (Å²) >= 11 is 0. The van der Waals surface area contributed by atoms with Crippen LogP contribution < -0.4 is 4.90 Å². The largest absolute Gasteiger partial charge is 0.310 e. The van der Waals surface area contributed by atoms with E-state index in [1.54, 1.807) is 0 Å². The third-order valence-electron chi connectivity index (χ3n) is 14.9. The van der Waals surface area contributed by atoms with Crippen molar-refractivity contribution in [1.29, 1.82) is 0 Å². The number of benzene rings is 12. The molecule has 0 atom stereocenters. The van der Waals surface area contributed by atoms with Gasteiger partial charge in [-0.1, -0.05) is 188 Å². The van der Waals surface area contributed by atoms with Gasteiger partial charge in [0, 0.05) is 17.1 Å². The Labute approximate surface area is 370 Å². The van der Waals surface area contributed by atoms with Gasteiger partial charge in [0.05, 0.1) is 5.41 Å². The lowest BCUT2D eigenvalue weighted by molar-refractivity contribution is 0.793. The van der Waals surface area contributed by atoms with Crippen molar-refractivity contribution in [1.82, 2.24) is 0 Å². The smallest absolute Gasteiger partial charge is 0.0726 e. The SMILES string of the molecule is c1ccc2c(c1)-c1ccccc1C21c2ccccc2-c2ccc(N(c3ccc4ccccc4c3)c3cc4ccc5cccc6c7cccc8ccc9cccc(c(c3)c4c56)c9c87)cc21. The summed E-state index contributed by atoms with van der Waals surface area (Å²) in [7, 11) is 0. The average molecular weight is 808 g/mol. The Hall–Kier alpha value is -8.26. The quantitative estimate of drug-likeness (QED) is 0.161. The van der Waals surface area contributed by atoms with Gasteiger partial charge in [-0.15, -0.1) is 0 Å². The first-order chi connectivity index (χ1) is 31.7. The molecule has 1 spiro atoms. The van der Waals surface area contributed by atoms with Crippen LogP contribution in [0.2, 0.25) is 0 Å². The van der Waals surface area contributed by atoms with Gasteiger partial charge >= 0.3 is 0 Å². The molecule has 15 rings (SSSR count). The molecule has 0 heterocycles. The molecule has 0 radical (unpaired) electrons. The van der Waals surface area contributed by atoms with Crippen molar-refractivity contribution < 1.29 is 0 Å². The highest BCUT2D eigenvalue weighted by atomic mass is 15.1. The molecular formula is C63H37N. The van der Waals surface area contributed by atoms with Crippen LogP contribution in [0.1, 0.15) is 22.3 Å². The number of rotatable bonds is 3. The highest BCUT2D eigenvalue weighted by molar-refractivity contribution is 6.37. The summed E-state index contributed by atoms with van der Waals surface area (Å²) in [6.07, 6.45) is 0. The average Bonchev–Trinajstić information content (AvgIpc) is 3.82. The first kappa shape index (κ1) is 34.3. The summed E-state index contributed by atoms with van der Waals surface area (Å²) in [5, 5.41) is 17.8. The molecule has 294 valence electrons. The predicted octanol–water partition coefficient (Wildman–Crippen LogP) is 17.0. The van der Waals surface area contributed by atoms with Gasteiger partial charge < -0.3 is 4.90 Å². The third kappa shape index (κ3) is 4.33. The zero-order valence-electron chi connectivity index (χ0n) is 34.8. The van der Waals surface area contributed by atoms with Gasteiger partial charge in [-0.3, -0.25) is 0 Å². The minimum Gasteiger partial charge on any atom is -0.310 e. The fourth-order valence-corrected chi connectivity index (χ4v) is 12.4. The van der Waals surface area contributed by atoms with Gasteiger partial charge in [-0.25, -0.2) is 0 Å². The molecule has 0 amide bonds. The van der Waals surface area contributed by atoms with E-state index in [-0.39, 0.29) is 0 Å². The molecule has 0 fully saturated rings. The molecule has 2 aliphatic rings. The summed E-state index contributed by atoms with van der Waals surface area (Å²) in [6.45, 7) is 0. The first-order valence-corrected chi connectivity index (χ1v) is 22.4. The molecule has 1 heteroatoms. The van der Waals surface area contributed by atoms with Crippen molar-refractivity contribution in [2.45, 2.75) is 5.41 Å². The van der Waals surface area contributed by atoms with Gasteiger partial charge in [0.15, 0.2) is 0 Å². The molecule has 0 saturated heterocycles. The summed E-state index contributed by atoms with van der Waals surface area (Å²) in [5.41, 5.74) is 13.5. The van der Waals surface area contributed by atoms with E-state index in [2.05, 4.69) is 229 Å². The molecule has 64 heavy (non-hydrogen) atoms. The van der Waals surface area contributed by atoms with E-state index in [0.717, 1.165) is 17.1 Å². The van der Waals surface area contributed by atoms with Crippen LogP contribution in [0, 0.1) is 0 Å². The van der Waals surface area contributed by atoms with Gasteiger partial charge in [-0.05, 0) is 156 Å². The number of anilines is 3. The Kier molecular flexibility index (Phi) is 6.67. The Balaban J connectivity index is 1.08. The minimum atomic E-state index is -0.452. The highest BCUT2D eigenvalue weighted by Gasteiger charge is 2.51. The zero-order chi connectivity index (χ0) is 41.7. The Morgan fingerprint density at radius 2 is 0.641 bits per heavy atom. The van der Waals surface area contributed by atoms with E-state index >= 15 is 0 Å². The van der Waals surface area contributed by atoms with Crippen LogP contribution in [0.3, 0.4) is 0 Å². The van der Waals surface area contributed by atoms with E-state index < -0.39 is 5.41 Å². The molecule has 0 N–H and O–H groups in total. The van der Waals surface area contributed by atoms with E-state index in [0.29, 0.717) is 0 Å². The Morgan fingerprint density at radius 3 is 1.23 bits per heavy atom. The van der Waals surface area contributed by atoms with Gasteiger partial charge in [0.2, 0.25) is 0 Å². The van der Waals surface area contributed by atoms with Crippen molar-refractivity contribution in [3.63, 3.8) is 0 Å². The fraction of sp³-hybridized carbons (Fsp3) is 0.0159. The normalized spacial score (nSPS) is 13.4. The van der Waals surface area contributed by atoms with Crippen LogP contribution in [0.15, 0.2) is 224 Å². The number of fused-ring (bicyclic) bond motifs is 13. The lowest BCUT2D eigenvalue weighted by Gasteiger charge is -2.32. The molecule has 13 aromatic carbocycles. The number of hydrogen-bond acceptors (Lipinski definition) is 1. The maximum atomic E-state index is 2.52. The molecule has 13 aromatic rings. The molecular weight excluding hydrogens is 771 g/mol. The maximum absolute atomic E-state index is 2.52. The van der Waals surface area contributed by atoms with Crippen LogP contribution in [0.5, 0.6) is 0 Å². The summed E-state index contributed by atoms with van der Waals surface area (Å²) < 4.78 is 0. The lowest BCUT2D eigenvalue weighted by Crippen LogP contribution is -2.26. The van der Waals surface area contributed by atoms with Gasteiger partial charge in [-0.2, -0.15) is 0 Å². The lowest BCUT2D eigenvalue weighted by atomic mass is 9.70. The van der Waals surface area contributed by atoms with Crippen LogP contribution in [-0.4, -0.2) is 0 Å². The van der Waals surface area contributed by atoms with Gasteiger partial charge in [0.25, 0.3) is 0 Å². The summed E-state index contributed by atoms with van der Waals surface area (Å²) in [4.78, 5) is 2.52. The molecule has 1 nitrogen and oxygen atoms in total. The van der Waals surface area contributed by atoms with Crippen molar-refractivity contribution >= 4 is 92.5 Å². The zero-order valence-corrected chi connectivity index (χ0v) is 34.8. The second kappa shape index (κ2) is 12.4. The molecule has 2 aliphatic carbocycles.